The van der Waals surface area contributed by atoms with Crippen molar-refractivity contribution in [1.29, 1.82) is 0 Å². The Hall–Kier alpha value is -1.23. The number of rotatable bonds is 4. The predicted molar refractivity (Wildman–Crippen MR) is 72.1 cm³/mol. The topological polar surface area (TPSA) is 21.3 Å². The molecule has 1 aromatic rings. The van der Waals surface area contributed by atoms with Gasteiger partial charge < -0.3 is 10.1 Å². The number of alkyl halides is 3. The zero-order valence-corrected chi connectivity index (χ0v) is 11.6. The molecule has 2 rings (SSSR count). The van der Waals surface area contributed by atoms with Gasteiger partial charge in [0.1, 0.15) is 5.75 Å². The van der Waals surface area contributed by atoms with Crippen LogP contribution in [0.2, 0.25) is 0 Å². The van der Waals surface area contributed by atoms with Crippen LogP contribution in [0.15, 0.2) is 18.2 Å². The maximum absolute atomic E-state index is 13.0. The molecule has 0 aliphatic carbocycles. The molecule has 5 heteroatoms. The molecule has 20 heavy (non-hydrogen) atoms. The van der Waals surface area contributed by atoms with Crippen LogP contribution in [0.3, 0.4) is 0 Å². The van der Waals surface area contributed by atoms with E-state index in [-0.39, 0.29) is 5.92 Å². The first-order chi connectivity index (χ1) is 9.50. The van der Waals surface area contributed by atoms with Crippen molar-refractivity contribution in [2.24, 2.45) is 0 Å². The maximum Gasteiger partial charge on any atom is 0.416 e. The molecule has 1 unspecified atom stereocenters. The van der Waals surface area contributed by atoms with Crippen LogP contribution in [0.5, 0.6) is 5.75 Å². The summed E-state index contributed by atoms with van der Waals surface area (Å²) in [6.07, 6.45) is -1.65. The summed E-state index contributed by atoms with van der Waals surface area (Å²) in [6.45, 7) is 4.03. The van der Waals surface area contributed by atoms with E-state index in [1.165, 1.54) is 6.07 Å². The van der Waals surface area contributed by atoms with E-state index in [0.717, 1.165) is 44.0 Å². The van der Waals surface area contributed by atoms with Gasteiger partial charge >= 0.3 is 6.18 Å². The number of benzene rings is 1. The van der Waals surface area contributed by atoms with Gasteiger partial charge in [0.2, 0.25) is 0 Å². The molecular weight excluding hydrogens is 267 g/mol. The number of ether oxygens (including phenoxy) is 1. The first kappa shape index (κ1) is 15.2. The van der Waals surface area contributed by atoms with E-state index < -0.39 is 11.7 Å². The molecule has 0 radical (unpaired) electrons. The van der Waals surface area contributed by atoms with E-state index in [4.69, 9.17) is 4.74 Å². The maximum atomic E-state index is 13.0. The van der Waals surface area contributed by atoms with Crippen LogP contribution in [-0.2, 0) is 6.18 Å². The second kappa shape index (κ2) is 6.48. The van der Waals surface area contributed by atoms with Crippen molar-refractivity contribution in [2.75, 3.05) is 19.7 Å². The molecule has 1 saturated heterocycles. The van der Waals surface area contributed by atoms with Crippen LogP contribution < -0.4 is 10.1 Å². The third-order valence-electron chi connectivity index (χ3n) is 3.50. The Bertz CT molecular complexity index is 439. The molecule has 0 amide bonds. The number of hydrogen-bond donors (Lipinski definition) is 1. The normalized spacial score (nSPS) is 19.9. The summed E-state index contributed by atoms with van der Waals surface area (Å²) in [5, 5.41) is 3.23. The van der Waals surface area contributed by atoms with Gasteiger partial charge in [-0.1, -0.05) is 6.92 Å². The van der Waals surface area contributed by atoms with Gasteiger partial charge in [-0.15, -0.1) is 0 Å². The fraction of sp³-hybridized carbons (Fsp3) is 0.600. The fourth-order valence-corrected chi connectivity index (χ4v) is 2.46. The van der Waals surface area contributed by atoms with Crippen molar-refractivity contribution in [2.45, 2.75) is 38.3 Å². The standard InChI is InChI=1S/C15H20F3NO/c1-2-6-20-14-8-12(11-4-3-5-19-10-11)7-13(9-14)15(16,17)18/h7-9,11,19H,2-6,10H2,1H3. The molecule has 0 spiro atoms. The van der Waals surface area contributed by atoms with Crippen molar-refractivity contribution in [3.05, 3.63) is 29.3 Å². The summed E-state index contributed by atoms with van der Waals surface area (Å²) in [4.78, 5) is 0. The molecule has 1 aromatic carbocycles. The lowest BCUT2D eigenvalue weighted by Gasteiger charge is -2.24. The second-order valence-electron chi connectivity index (χ2n) is 5.18. The molecule has 0 bridgehead atoms. The van der Waals surface area contributed by atoms with Crippen LogP contribution in [0.4, 0.5) is 13.2 Å². The van der Waals surface area contributed by atoms with Crippen molar-refractivity contribution >= 4 is 0 Å². The number of hydrogen-bond acceptors (Lipinski definition) is 2. The van der Waals surface area contributed by atoms with E-state index in [9.17, 15) is 13.2 Å². The minimum atomic E-state index is -4.33. The van der Waals surface area contributed by atoms with Crippen molar-refractivity contribution in [3.63, 3.8) is 0 Å². The van der Waals surface area contributed by atoms with Gasteiger partial charge in [0.25, 0.3) is 0 Å². The molecule has 1 aliphatic rings. The zero-order chi connectivity index (χ0) is 14.6. The summed E-state index contributed by atoms with van der Waals surface area (Å²) in [5.74, 6) is 0.456. The largest absolute Gasteiger partial charge is 0.494 e. The van der Waals surface area contributed by atoms with Gasteiger partial charge in [-0.3, -0.25) is 0 Å². The van der Waals surface area contributed by atoms with E-state index in [2.05, 4.69) is 5.32 Å². The van der Waals surface area contributed by atoms with Crippen LogP contribution >= 0.6 is 0 Å². The highest BCUT2D eigenvalue weighted by molar-refractivity contribution is 5.38. The zero-order valence-electron chi connectivity index (χ0n) is 11.6. The van der Waals surface area contributed by atoms with Gasteiger partial charge in [-0.2, -0.15) is 13.2 Å². The van der Waals surface area contributed by atoms with E-state index in [0.29, 0.717) is 12.4 Å². The summed E-state index contributed by atoms with van der Waals surface area (Å²) < 4.78 is 44.3. The molecule has 2 nitrogen and oxygen atoms in total. The summed E-state index contributed by atoms with van der Waals surface area (Å²) in [5.41, 5.74) is 0.102. The highest BCUT2D eigenvalue weighted by Crippen LogP contribution is 2.35. The van der Waals surface area contributed by atoms with Gasteiger partial charge in [-0.25, -0.2) is 0 Å². The molecule has 1 atom stereocenters. The minimum absolute atomic E-state index is 0.134. The van der Waals surface area contributed by atoms with E-state index in [1.807, 2.05) is 6.92 Å². The highest BCUT2D eigenvalue weighted by atomic mass is 19.4. The Labute approximate surface area is 117 Å². The van der Waals surface area contributed by atoms with Crippen LogP contribution in [0, 0.1) is 0 Å². The quantitative estimate of drug-likeness (QED) is 0.905. The molecule has 0 saturated carbocycles. The Balaban J connectivity index is 2.29. The average molecular weight is 287 g/mol. The first-order valence-corrected chi connectivity index (χ1v) is 7.06. The van der Waals surface area contributed by atoms with E-state index in [1.54, 1.807) is 6.07 Å². The summed E-state index contributed by atoms with van der Waals surface area (Å²) in [6, 6.07) is 4.11. The Morgan fingerprint density at radius 3 is 2.70 bits per heavy atom. The Morgan fingerprint density at radius 2 is 2.10 bits per heavy atom. The van der Waals surface area contributed by atoms with Crippen LogP contribution in [0.1, 0.15) is 43.2 Å². The highest BCUT2D eigenvalue weighted by Gasteiger charge is 2.32. The molecule has 112 valence electrons. The lowest BCUT2D eigenvalue weighted by atomic mass is 9.90. The van der Waals surface area contributed by atoms with Crippen molar-refractivity contribution < 1.29 is 17.9 Å². The molecule has 1 fully saturated rings. The lowest BCUT2D eigenvalue weighted by Crippen LogP contribution is -2.28. The third kappa shape index (κ3) is 3.88. The molecule has 1 aliphatic heterocycles. The Morgan fingerprint density at radius 1 is 1.30 bits per heavy atom. The average Bonchev–Trinajstić information content (AvgIpc) is 2.45. The molecule has 1 N–H and O–H groups in total. The first-order valence-electron chi connectivity index (χ1n) is 7.06. The third-order valence-corrected chi connectivity index (χ3v) is 3.50. The van der Waals surface area contributed by atoms with Gasteiger partial charge in [-0.05, 0) is 55.5 Å². The number of nitrogens with one attached hydrogen (secondary N) is 1. The Kier molecular flexibility index (Phi) is 4.91. The number of halogens is 3. The van der Waals surface area contributed by atoms with Gasteiger partial charge in [0, 0.05) is 6.54 Å². The molecule has 0 aromatic heterocycles. The number of piperidine rings is 1. The minimum Gasteiger partial charge on any atom is -0.494 e. The monoisotopic (exact) mass is 287 g/mol. The second-order valence-corrected chi connectivity index (χ2v) is 5.18. The lowest BCUT2D eigenvalue weighted by molar-refractivity contribution is -0.137. The molecule has 1 heterocycles. The van der Waals surface area contributed by atoms with Crippen LogP contribution in [-0.4, -0.2) is 19.7 Å². The van der Waals surface area contributed by atoms with Crippen molar-refractivity contribution in [3.8, 4) is 5.75 Å². The molecular formula is C15H20F3NO. The van der Waals surface area contributed by atoms with Gasteiger partial charge in [0.05, 0.1) is 12.2 Å². The van der Waals surface area contributed by atoms with E-state index >= 15 is 0 Å². The predicted octanol–water partition coefficient (Wildman–Crippen LogP) is 3.96. The van der Waals surface area contributed by atoms with Crippen molar-refractivity contribution in [1.82, 2.24) is 5.32 Å². The summed E-state index contributed by atoms with van der Waals surface area (Å²) in [7, 11) is 0. The smallest absolute Gasteiger partial charge is 0.416 e. The summed E-state index contributed by atoms with van der Waals surface area (Å²) >= 11 is 0. The van der Waals surface area contributed by atoms with Gasteiger partial charge in [0.15, 0.2) is 0 Å². The fourth-order valence-electron chi connectivity index (χ4n) is 2.46. The van der Waals surface area contributed by atoms with Crippen LogP contribution in [0.25, 0.3) is 0 Å². The SMILES string of the molecule is CCCOc1cc(C2CCCNC2)cc(C(F)(F)F)c1.